The van der Waals surface area contributed by atoms with Crippen LogP contribution in [0.1, 0.15) is 39.5 Å². The third-order valence-corrected chi connectivity index (χ3v) is 8.22. The summed E-state index contributed by atoms with van der Waals surface area (Å²) in [6.45, 7) is 0. The third kappa shape index (κ3) is 3.65. The fraction of sp³-hybridized carbons (Fsp3) is 0.121. The minimum Gasteiger partial charge on any atom is -0.291 e. The van der Waals surface area contributed by atoms with Gasteiger partial charge in [-0.05, 0) is 54.3 Å². The Morgan fingerprint density at radius 2 is 1.38 bits per heavy atom. The zero-order valence-corrected chi connectivity index (χ0v) is 21.9. The third-order valence-electron chi connectivity index (χ3n) is 7.87. The number of carbonyl (C=O) groups is 1. The smallest absolute Gasteiger partial charge is 0.194 e. The SMILES string of the molecule is O=C1c2cnn(-c3ccccc3)c2CCC12C(c1ccccc1Cl)C(c1ccccc1)=NN2c1ccccc1. The number of anilines is 1. The Morgan fingerprint density at radius 1 is 0.769 bits per heavy atom. The van der Waals surface area contributed by atoms with E-state index in [0.29, 0.717) is 23.4 Å². The average Bonchev–Trinajstić information content (AvgIpc) is 3.58. The Balaban J connectivity index is 1.47. The van der Waals surface area contributed by atoms with Gasteiger partial charge >= 0.3 is 0 Å². The maximum Gasteiger partial charge on any atom is 0.194 e. The number of nitrogens with zero attached hydrogens (tertiary/aromatic N) is 4. The van der Waals surface area contributed by atoms with Crippen LogP contribution in [0.2, 0.25) is 5.02 Å². The summed E-state index contributed by atoms with van der Waals surface area (Å²) < 4.78 is 1.89. The molecule has 1 aliphatic carbocycles. The van der Waals surface area contributed by atoms with E-state index in [1.54, 1.807) is 6.20 Å². The number of benzene rings is 4. The first-order valence-corrected chi connectivity index (χ1v) is 13.5. The number of hydrogen-bond acceptors (Lipinski definition) is 4. The molecule has 0 radical (unpaired) electrons. The summed E-state index contributed by atoms with van der Waals surface area (Å²) >= 11 is 6.88. The van der Waals surface area contributed by atoms with Gasteiger partial charge in [-0.3, -0.25) is 9.80 Å². The highest BCUT2D eigenvalue weighted by Crippen LogP contribution is 2.52. The van der Waals surface area contributed by atoms with Crippen LogP contribution in [0.15, 0.2) is 127 Å². The van der Waals surface area contributed by atoms with Crippen molar-refractivity contribution in [2.24, 2.45) is 5.10 Å². The molecule has 4 aromatic carbocycles. The number of para-hydroxylation sites is 2. The van der Waals surface area contributed by atoms with E-state index in [-0.39, 0.29) is 11.7 Å². The fourth-order valence-electron chi connectivity index (χ4n) is 6.14. The molecule has 0 saturated heterocycles. The van der Waals surface area contributed by atoms with Crippen molar-refractivity contribution in [3.05, 3.63) is 149 Å². The second kappa shape index (κ2) is 9.37. The van der Waals surface area contributed by atoms with Gasteiger partial charge in [-0.25, -0.2) is 4.68 Å². The Hall–Kier alpha value is -4.48. The van der Waals surface area contributed by atoms with Crippen molar-refractivity contribution < 1.29 is 4.79 Å². The highest BCUT2D eigenvalue weighted by atomic mass is 35.5. The molecule has 190 valence electrons. The molecule has 2 heterocycles. The molecule has 0 saturated carbocycles. The Kier molecular flexibility index (Phi) is 5.67. The van der Waals surface area contributed by atoms with E-state index in [1.165, 1.54) is 0 Å². The van der Waals surface area contributed by atoms with Gasteiger partial charge in [0.05, 0.1) is 40.5 Å². The quantitative estimate of drug-likeness (QED) is 0.250. The molecule has 0 fully saturated rings. The summed E-state index contributed by atoms with van der Waals surface area (Å²) in [5.41, 5.74) is 5.06. The van der Waals surface area contributed by atoms with Crippen LogP contribution in [-0.2, 0) is 6.42 Å². The van der Waals surface area contributed by atoms with Crippen LogP contribution >= 0.6 is 11.6 Å². The van der Waals surface area contributed by atoms with E-state index in [0.717, 1.165) is 33.9 Å². The molecule has 0 bridgehead atoms. The molecule has 5 aromatic rings. The van der Waals surface area contributed by atoms with Crippen molar-refractivity contribution in [1.82, 2.24) is 9.78 Å². The molecular formula is C33H25ClN4O. The first-order chi connectivity index (χ1) is 19.2. The molecular weight excluding hydrogens is 504 g/mol. The highest BCUT2D eigenvalue weighted by molar-refractivity contribution is 6.32. The first-order valence-electron chi connectivity index (χ1n) is 13.1. The fourth-order valence-corrected chi connectivity index (χ4v) is 6.38. The molecule has 39 heavy (non-hydrogen) atoms. The topological polar surface area (TPSA) is 50.5 Å². The minimum atomic E-state index is -1.00. The normalized spacial score (nSPS) is 20.2. The van der Waals surface area contributed by atoms with Gasteiger partial charge < -0.3 is 0 Å². The van der Waals surface area contributed by atoms with Gasteiger partial charge in [-0.15, -0.1) is 0 Å². The largest absolute Gasteiger partial charge is 0.291 e. The van der Waals surface area contributed by atoms with Crippen molar-refractivity contribution >= 4 is 28.8 Å². The summed E-state index contributed by atoms with van der Waals surface area (Å²) in [6, 6.07) is 37.9. The molecule has 0 N–H and O–H groups in total. The predicted octanol–water partition coefficient (Wildman–Crippen LogP) is 7.10. The van der Waals surface area contributed by atoms with Gasteiger partial charge in [0.1, 0.15) is 5.54 Å². The summed E-state index contributed by atoms with van der Waals surface area (Å²) in [7, 11) is 0. The van der Waals surface area contributed by atoms with Crippen LogP contribution in [0, 0.1) is 0 Å². The van der Waals surface area contributed by atoms with E-state index in [9.17, 15) is 4.79 Å². The first kappa shape index (κ1) is 23.6. The number of Topliss-reactive ketones (excluding diaryl/α,β-unsaturated/α-hetero) is 1. The number of rotatable bonds is 4. The lowest BCUT2D eigenvalue weighted by Gasteiger charge is -2.43. The molecule has 7 rings (SSSR count). The Morgan fingerprint density at radius 3 is 2.08 bits per heavy atom. The molecule has 1 aliphatic heterocycles. The number of fused-ring (bicyclic) bond motifs is 1. The zero-order valence-electron chi connectivity index (χ0n) is 21.1. The maximum atomic E-state index is 14.9. The van der Waals surface area contributed by atoms with E-state index >= 15 is 0 Å². The number of aromatic nitrogens is 2. The second-order valence-electron chi connectivity index (χ2n) is 9.96. The highest BCUT2D eigenvalue weighted by Gasteiger charge is 2.60. The van der Waals surface area contributed by atoms with Gasteiger partial charge in [0.2, 0.25) is 0 Å². The molecule has 2 aliphatic rings. The van der Waals surface area contributed by atoms with Gasteiger partial charge in [-0.2, -0.15) is 10.2 Å². The lowest BCUT2D eigenvalue weighted by atomic mass is 9.66. The number of ketones is 1. The summed E-state index contributed by atoms with van der Waals surface area (Å²) in [5, 5.41) is 12.5. The molecule has 6 heteroatoms. The van der Waals surface area contributed by atoms with Crippen LogP contribution in [-0.4, -0.2) is 26.8 Å². The van der Waals surface area contributed by atoms with Crippen molar-refractivity contribution in [3.63, 3.8) is 0 Å². The molecule has 1 spiro atoms. The number of hydrogen-bond donors (Lipinski definition) is 0. The van der Waals surface area contributed by atoms with Gasteiger partial charge in [-0.1, -0.05) is 96.5 Å². The molecule has 2 unspecified atom stereocenters. The van der Waals surface area contributed by atoms with Gasteiger partial charge in [0.15, 0.2) is 5.78 Å². The van der Waals surface area contributed by atoms with Crippen molar-refractivity contribution in [2.75, 3.05) is 5.01 Å². The van der Waals surface area contributed by atoms with Crippen molar-refractivity contribution in [1.29, 1.82) is 0 Å². The van der Waals surface area contributed by atoms with Crippen molar-refractivity contribution in [2.45, 2.75) is 24.3 Å². The lowest BCUT2D eigenvalue weighted by Crippen LogP contribution is -2.56. The van der Waals surface area contributed by atoms with E-state index in [2.05, 4.69) is 17.2 Å². The minimum absolute atomic E-state index is 0.00869. The van der Waals surface area contributed by atoms with Gasteiger partial charge in [0.25, 0.3) is 0 Å². The number of hydrazone groups is 1. The van der Waals surface area contributed by atoms with E-state index in [4.69, 9.17) is 16.7 Å². The second-order valence-corrected chi connectivity index (χ2v) is 10.4. The van der Waals surface area contributed by atoms with Crippen LogP contribution in [0.3, 0.4) is 0 Å². The van der Waals surface area contributed by atoms with Crippen LogP contribution in [0.4, 0.5) is 5.69 Å². The molecule has 2 atom stereocenters. The summed E-state index contributed by atoms with van der Waals surface area (Å²) in [4.78, 5) is 14.9. The summed E-state index contributed by atoms with van der Waals surface area (Å²) in [6.07, 6.45) is 2.94. The number of carbonyl (C=O) groups excluding carboxylic acids is 1. The van der Waals surface area contributed by atoms with E-state index in [1.807, 2.05) is 113 Å². The Labute approximate surface area is 232 Å². The summed E-state index contributed by atoms with van der Waals surface area (Å²) in [5.74, 6) is -0.371. The predicted molar refractivity (Wildman–Crippen MR) is 155 cm³/mol. The molecule has 0 amide bonds. The van der Waals surface area contributed by atoms with Crippen LogP contribution in [0.5, 0.6) is 0 Å². The lowest BCUT2D eigenvalue weighted by molar-refractivity contribution is 0.0855. The molecule has 1 aromatic heterocycles. The zero-order chi connectivity index (χ0) is 26.4. The standard InChI is InChI=1S/C33H25ClN4O/c34-28-19-11-10-18-26(28)30-31(23-12-4-1-5-13-23)36-38(25-16-8-3-9-17-25)33(30)21-20-29-27(32(33)39)22-35-37(29)24-14-6-2-7-15-24/h1-19,22,30H,20-21H2. The average molecular weight is 529 g/mol. The van der Waals surface area contributed by atoms with E-state index < -0.39 is 5.54 Å². The monoisotopic (exact) mass is 528 g/mol. The molecule has 5 nitrogen and oxygen atoms in total. The van der Waals surface area contributed by atoms with Crippen LogP contribution < -0.4 is 5.01 Å². The maximum absolute atomic E-state index is 14.9. The van der Waals surface area contributed by atoms with Crippen molar-refractivity contribution in [3.8, 4) is 5.69 Å². The van der Waals surface area contributed by atoms with Crippen LogP contribution in [0.25, 0.3) is 5.69 Å². The Bertz CT molecular complexity index is 1700. The number of halogens is 1. The van der Waals surface area contributed by atoms with Gasteiger partial charge in [0, 0.05) is 5.02 Å².